The second-order valence-corrected chi connectivity index (χ2v) is 9.05. The van der Waals surface area contributed by atoms with Crippen molar-refractivity contribution in [3.05, 3.63) is 24.8 Å². The minimum atomic E-state index is 0.566. The molecular formula is C24H40O. The summed E-state index contributed by atoms with van der Waals surface area (Å²) in [5.41, 5.74) is 0. The van der Waals surface area contributed by atoms with Gasteiger partial charge in [0.15, 0.2) is 0 Å². The second-order valence-electron chi connectivity index (χ2n) is 9.05. The van der Waals surface area contributed by atoms with E-state index in [-0.39, 0.29) is 0 Å². The van der Waals surface area contributed by atoms with E-state index in [0.717, 1.165) is 36.2 Å². The molecular weight excluding hydrogens is 304 g/mol. The van der Waals surface area contributed by atoms with Crippen molar-refractivity contribution in [2.45, 2.75) is 90.1 Å². The Balaban J connectivity index is 1.35. The molecule has 2 aliphatic carbocycles. The van der Waals surface area contributed by atoms with Gasteiger partial charge in [-0.25, -0.2) is 0 Å². The normalized spacial score (nSPS) is 40.2. The highest BCUT2D eigenvalue weighted by Crippen LogP contribution is 2.39. The zero-order valence-corrected chi connectivity index (χ0v) is 16.5. The van der Waals surface area contributed by atoms with Crippen LogP contribution in [0.25, 0.3) is 0 Å². The SMILES string of the molecule is C=CC1CCC(/C=C/C2CCC(C3CCC(CCC)OC3)CC2)CC1. The molecule has 0 spiro atoms. The Labute approximate surface area is 156 Å². The topological polar surface area (TPSA) is 9.23 Å². The second kappa shape index (κ2) is 9.95. The van der Waals surface area contributed by atoms with E-state index >= 15 is 0 Å². The molecule has 2 atom stereocenters. The molecule has 1 saturated heterocycles. The van der Waals surface area contributed by atoms with Crippen LogP contribution in [0.4, 0.5) is 0 Å². The minimum absolute atomic E-state index is 0.566. The fraction of sp³-hybridized carbons (Fsp3) is 0.833. The van der Waals surface area contributed by atoms with E-state index in [1.807, 2.05) is 0 Å². The molecule has 3 fully saturated rings. The Morgan fingerprint density at radius 3 is 1.84 bits per heavy atom. The maximum absolute atomic E-state index is 6.13. The highest BCUT2D eigenvalue weighted by Gasteiger charge is 2.30. The molecule has 142 valence electrons. The van der Waals surface area contributed by atoms with Gasteiger partial charge in [0, 0.05) is 0 Å². The lowest BCUT2D eigenvalue weighted by atomic mass is 9.73. The number of rotatable bonds is 6. The largest absolute Gasteiger partial charge is 0.378 e. The molecule has 2 saturated carbocycles. The zero-order valence-electron chi connectivity index (χ0n) is 16.5. The maximum atomic E-state index is 6.13. The van der Waals surface area contributed by atoms with Crippen LogP contribution in [0.5, 0.6) is 0 Å². The van der Waals surface area contributed by atoms with Crippen LogP contribution in [0.1, 0.15) is 84.0 Å². The lowest BCUT2D eigenvalue weighted by Crippen LogP contribution is -2.32. The van der Waals surface area contributed by atoms with Crippen LogP contribution in [-0.4, -0.2) is 12.7 Å². The van der Waals surface area contributed by atoms with Gasteiger partial charge in [0.05, 0.1) is 12.7 Å². The van der Waals surface area contributed by atoms with Crippen LogP contribution in [0.2, 0.25) is 0 Å². The molecule has 1 heteroatoms. The average molecular weight is 345 g/mol. The van der Waals surface area contributed by atoms with Crippen LogP contribution in [0.15, 0.2) is 24.8 Å². The van der Waals surface area contributed by atoms with E-state index in [4.69, 9.17) is 4.74 Å². The average Bonchev–Trinajstić information content (AvgIpc) is 2.68. The van der Waals surface area contributed by atoms with Crippen molar-refractivity contribution < 1.29 is 4.74 Å². The van der Waals surface area contributed by atoms with Crippen LogP contribution in [-0.2, 0) is 4.74 Å². The number of allylic oxidation sites excluding steroid dienone is 3. The molecule has 0 aromatic heterocycles. The number of hydrogen-bond donors (Lipinski definition) is 0. The number of ether oxygens (including phenoxy) is 1. The molecule has 2 unspecified atom stereocenters. The summed E-state index contributed by atoms with van der Waals surface area (Å²) in [5.74, 6) is 4.28. The molecule has 1 nitrogen and oxygen atoms in total. The first-order valence-corrected chi connectivity index (χ1v) is 11.2. The highest BCUT2D eigenvalue weighted by atomic mass is 16.5. The molecule has 0 radical (unpaired) electrons. The van der Waals surface area contributed by atoms with Crippen molar-refractivity contribution in [2.75, 3.05) is 6.61 Å². The summed E-state index contributed by atoms with van der Waals surface area (Å²) >= 11 is 0. The first-order chi connectivity index (χ1) is 12.3. The van der Waals surface area contributed by atoms with Gasteiger partial charge in [-0.1, -0.05) is 31.6 Å². The summed E-state index contributed by atoms with van der Waals surface area (Å²) in [6.07, 6.45) is 24.3. The Kier molecular flexibility index (Phi) is 7.65. The first kappa shape index (κ1) is 19.2. The molecule has 0 aromatic rings. The predicted molar refractivity (Wildman–Crippen MR) is 108 cm³/mol. The van der Waals surface area contributed by atoms with E-state index in [0.29, 0.717) is 6.10 Å². The Hall–Kier alpha value is -0.560. The highest BCUT2D eigenvalue weighted by molar-refractivity contribution is 4.98. The van der Waals surface area contributed by atoms with E-state index in [2.05, 4.69) is 31.7 Å². The van der Waals surface area contributed by atoms with E-state index in [1.54, 1.807) is 0 Å². The quantitative estimate of drug-likeness (QED) is 0.474. The van der Waals surface area contributed by atoms with Crippen molar-refractivity contribution in [1.29, 1.82) is 0 Å². The van der Waals surface area contributed by atoms with E-state index in [9.17, 15) is 0 Å². The standard InChI is InChI=1S/C24H40O/c1-3-5-24-17-16-23(18-25-24)22-14-12-21(13-15-22)11-10-20-8-6-19(4-2)7-9-20/h4,10-11,19-24H,2-3,5-9,12-18H2,1H3/b11-10+. The molecule has 3 aliphatic rings. The third kappa shape index (κ3) is 5.71. The lowest BCUT2D eigenvalue weighted by molar-refractivity contribution is -0.0413. The Bertz CT molecular complexity index is 402. The van der Waals surface area contributed by atoms with Crippen molar-refractivity contribution in [3.63, 3.8) is 0 Å². The van der Waals surface area contributed by atoms with E-state index < -0.39 is 0 Å². The van der Waals surface area contributed by atoms with Crippen LogP contribution >= 0.6 is 0 Å². The molecule has 0 amide bonds. The molecule has 25 heavy (non-hydrogen) atoms. The summed E-state index contributed by atoms with van der Waals surface area (Å²) < 4.78 is 6.13. The fourth-order valence-electron chi connectivity index (χ4n) is 5.44. The Morgan fingerprint density at radius 2 is 1.32 bits per heavy atom. The summed E-state index contributed by atoms with van der Waals surface area (Å²) in [6.45, 7) is 7.28. The van der Waals surface area contributed by atoms with Crippen LogP contribution in [0, 0.1) is 29.6 Å². The smallest absolute Gasteiger partial charge is 0.0575 e. The summed E-state index contributed by atoms with van der Waals surface area (Å²) in [6, 6.07) is 0. The lowest BCUT2D eigenvalue weighted by Gasteiger charge is -2.37. The monoisotopic (exact) mass is 344 g/mol. The molecule has 0 N–H and O–H groups in total. The molecule has 0 bridgehead atoms. The molecule has 1 aliphatic heterocycles. The van der Waals surface area contributed by atoms with Gasteiger partial charge in [-0.2, -0.15) is 0 Å². The zero-order chi connectivity index (χ0) is 17.5. The van der Waals surface area contributed by atoms with Gasteiger partial charge in [-0.05, 0) is 100 Å². The number of hydrogen-bond acceptors (Lipinski definition) is 1. The minimum Gasteiger partial charge on any atom is -0.378 e. The fourth-order valence-corrected chi connectivity index (χ4v) is 5.44. The van der Waals surface area contributed by atoms with Gasteiger partial charge in [-0.15, -0.1) is 6.58 Å². The van der Waals surface area contributed by atoms with Gasteiger partial charge >= 0.3 is 0 Å². The molecule has 1 heterocycles. The van der Waals surface area contributed by atoms with Gasteiger partial charge in [0.2, 0.25) is 0 Å². The van der Waals surface area contributed by atoms with Gasteiger partial charge < -0.3 is 4.74 Å². The van der Waals surface area contributed by atoms with Gasteiger partial charge in [0.1, 0.15) is 0 Å². The van der Waals surface area contributed by atoms with Crippen molar-refractivity contribution in [1.82, 2.24) is 0 Å². The van der Waals surface area contributed by atoms with Gasteiger partial charge in [-0.3, -0.25) is 0 Å². The summed E-state index contributed by atoms with van der Waals surface area (Å²) in [4.78, 5) is 0. The third-order valence-corrected chi connectivity index (χ3v) is 7.30. The van der Waals surface area contributed by atoms with Gasteiger partial charge in [0.25, 0.3) is 0 Å². The Morgan fingerprint density at radius 1 is 0.760 bits per heavy atom. The first-order valence-electron chi connectivity index (χ1n) is 11.2. The molecule has 3 rings (SSSR count). The molecule has 0 aromatic carbocycles. The predicted octanol–water partition coefficient (Wildman–Crippen LogP) is 6.94. The maximum Gasteiger partial charge on any atom is 0.0575 e. The summed E-state index contributed by atoms with van der Waals surface area (Å²) in [7, 11) is 0. The van der Waals surface area contributed by atoms with Crippen LogP contribution in [0.3, 0.4) is 0 Å². The van der Waals surface area contributed by atoms with E-state index in [1.165, 1.54) is 77.0 Å². The third-order valence-electron chi connectivity index (χ3n) is 7.30. The van der Waals surface area contributed by atoms with Crippen LogP contribution < -0.4 is 0 Å². The van der Waals surface area contributed by atoms with Crippen molar-refractivity contribution in [2.24, 2.45) is 29.6 Å². The van der Waals surface area contributed by atoms with Crippen molar-refractivity contribution in [3.8, 4) is 0 Å². The van der Waals surface area contributed by atoms with Crippen molar-refractivity contribution >= 4 is 0 Å². The summed E-state index contributed by atoms with van der Waals surface area (Å²) in [5, 5.41) is 0.